The number of benzene rings is 2. The maximum atomic E-state index is 12.4. The average molecular weight is 356 g/mol. The quantitative estimate of drug-likeness (QED) is 0.739. The van der Waals surface area contributed by atoms with Crippen molar-refractivity contribution in [3.05, 3.63) is 65.7 Å². The molecule has 0 spiro atoms. The van der Waals surface area contributed by atoms with Crippen LogP contribution < -0.4 is 4.74 Å². The van der Waals surface area contributed by atoms with E-state index in [-0.39, 0.29) is 16.5 Å². The number of ether oxygens (including phenoxy) is 1. The molecule has 2 atom stereocenters. The van der Waals surface area contributed by atoms with E-state index < -0.39 is 0 Å². The number of hydrogen-bond donors (Lipinski definition) is 0. The minimum Gasteiger partial charge on any atom is -0.489 e. The van der Waals surface area contributed by atoms with Crippen molar-refractivity contribution in [1.82, 2.24) is 4.90 Å². The molecule has 0 N–H and O–H groups in total. The molecule has 25 heavy (non-hydrogen) atoms. The Morgan fingerprint density at radius 2 is 1.76 bits per heavy atom. The first-order valence-electron chi connectivity index (χ1n) is 8.77. The largest absolute Gasteiger partial charge is 0.489 e. The van der Waals surface area contributed by atoms with Crippen LogP contribution in [0.25, 0.3) is 0 Å². The second kappa shape index (κ2) is 7.96. The fourth-order valence-electron chi connectivity index (χ4n) is 2.98. The summed E-state index contributed by atoms with van der Waals surface area (Å²) in [6.45, 7) is 7.66. The number of hydrogen-bond acceptors (Lipinski definition) is 3. The molecular weight excluding hydrogens is 330 g/mol. The minimum atomic E-state index is 0.0257. The lowest BCUT2D eigenvalue weighted by atomic mass is 10.1. The Bertz CT molecular complexity index is 700. The summed E-state index contributed by atoms with van der Waals surface area (Å²) in [4.78, 5) is 14.4. The Morgan fingerprint density at radius 1 is 1.08 bits per heavy atom. The van der Waals surface area contributed by atoms with Crippen LogP contribution in [0.5, 0.6) is 5.75 Å². The lowest BCUT2D eigenvalue weighted by Gasteiger charge is -2.26. The minimum absolute atomic E-state index is 0.0257. The molecule has 132 valence electrons. The van der Waals surface area contributed by atoms with Crippen molar-refractivity contribution in [1.29, 1.82) is 0 Å². The average Bonchev–Trinajstić information content (AvgIpc) is 2.89. The fraction of sp³-hybridized carbons (Fsp3) is 0.381. The van der Waals surface area contributed by atoms with E-state index in [1.54, 1.807) is 11.8 Å². The van der Waals surface area contributed by atoms with Gasteiger partial charge in [0.2, 0.25) is 5.91 Å². The molecule has 1 amide bonds. The maximum Gasteiger partial charge on any atom is 0.236 e. The molecule has 1 aliphatic rings. The summed E-state index contributed by atoms with van der Waals surface area (Å²) < 4.78 is 5.86. The molecule has 3 rings (SSSR count). The Balaban J connectivity index is 1.67. The number of rotatable bonds is 6. The highest BCUT2D eigenvalue weighted by Gasteiger charge is 2.38. The Kier molecular flexibility index (Phi) is 5.69. The van der Waals surface area contributed by atoms with E-state index in [0.29, 0.717) is 12.5 Å². The smallest absolute Gasteiger partial charge is 0.236 e. The van der Waals surface area contributed by atoms with Crippen LogP contribution in [-0.4, -0.2) is 22.6 Å². The summed E-state index contributed by atoms with van der Waals surface area (Å²) in [5.41, 5.74) is 2.32. The second-order valence-corrected chi connectivity index (χ2v) is 8.28. The van der Waals surface area contributed by atoms with Gasteiger partial charge in [-0.2, -0.15) is 0 Å². The zero-order chi connectivity index (χ0) is 17.8. The van der Waals surface area contributed by atoms with Crippen molar-refractivity contribution >= 4 is 17.7 Å². The summed E-state index contributed by atoms with van der Waals surface area (Å²) >= 11 is 1.73. The van der Waals surface area contributed by atoms with Gasteiger partial charge >= 0.3 is 0 Å². The van der Waals surface area contributed by atoms with E-state index in [9.17, 15) is 4.79 Å². The van der Waals surface area contributed by atoms with Crippen molar-refractivity contribution in [2.45, 2.75) is 38.0 Å². The van der Waals surface area contributed by atoms with Gasteiger partial charge in [-0.25, -0.2) is 0 Å². The first-order valence-corrected chi connectivity index (χ1v) is 9.71. The summed E-state index contributed by atoms with van der Waals surface area (Å²) in [7, 11) is 0. The molecule has 1 aliphatic heterocycles. The van der Waals surface area contributed by atoms with E-state index in [2.05, 4.69) is 38.1 Å². The zero-order valence-corrected chi connectivity index (χ0v) is 15.8. The SMILES string of the molecule is CC(C)CN1C(=O)C(C)SC1c1ccc(OCc2ccccc2)cc1. The van der Waals surface area contributed by atoms with Crippen molar-refractivity contribution < 1.29 is 9.53 Å². The second-order valence-electron chi connectivity index (χ2n) is 6.86. The topological polar surface area (TPSA) is 29.5 Å². The van der Waals surface area contributed by atoms with Crippen LogP contribution >= 0.6 is 11.8 Å². The van der Waals surface area contributed by atoms with Gasteiger partial charge in [-0.1, -0.05) is 56.3 Å². The van der Waals surface area contributed by atoms with Crippen molar-refractivity contribution in [2.75, 3.05) is 6.54 Å². The molecule has 4 heteroatoms. The monoisotopic (exact) mass is 355 g/mol. The summed E-state index contributed by atoms with van der Waals surface area (Å²) in [5, 5.41) is 0.130. The maximum absolute atomic E-state index is 12.4. The fourth-order valence-corrected chi connectivity index (χ4v) is 4.27. The number of thioether (sulfide) groups is 1. The summed E-state index contributed by atoms with van der Waals surface area (Å²) in [6.07, 6.45) is 0. The van der Waals surface area contributed by atoms with Gasteiger partial charge in [-0.05, 0) is 36.1 Å². The normalized spacial score (nSPS) is 20.3. The van der Waals surface area contributed by atoms with Crippen LogP contribution in [0.3, 0.4) is 0 Å². The van der Waals surface area contributed by atoms with E-state index in [1.807, 2.05) is 42.2 Å². The van der Waals surface area contributed by atoms with Gasteiger partial charge in [0, 0.05) is 6.54 Å². The molecule has 3 nitrogen and oxygen atoms in total. The Hall–Kier alpha value is -1.94. The van der Waals surface area contributed by atoms with E-state index >= 15 is 0 Å². The van der Waals surface area contributed by atoms with Crippen LogP contribution in [0.4, 0.5) is 0 Å². The summed E-state index contributed by atoms with van der Waals surface area (Å²) in [6, 6.07) is 18.3. The van der Waals surface area contributed by atoms with Gasteiger partial charge in [0.1, 0.15) is 17.7 Å². The molecule has 1 saturated heterocycles. The molecule has 0 aliphatic carbocycles. The standard InChI is InChI=1S/C21H25NO2S/c1-15(2)13-22-20(23)16(3)25-21(22)18-9-11-19(12-10-18)24-14-17-7-5-4-6-8-17/h4-12,15-16,21H,13-14H2,1-3H3. The van der Waals surface area contributed by atoms with Gasteiger partial charge < -0.3 is 9.64 Å². The van der Waals surface area contributed by atoms with Crippen LogP contribution in [0.1, 0.15) is 37.3 Å². The molecular formula is C21H25NO2S. The van der Waals surface area contributed by atoms with Gasteiger partial charge in [-0.15, -0.1) is 11.8 Å². The Morgan fingerprint density at radius 3 is 2.40 bits per heavy atom. The molecule has 1 heterocycles. The third kappa shape index (κ3) is 4.37. The van der Waals surface area contributed by atoms with E-state index in [1.165, 1.54) is 0 Å². The molecule has 2 aromatic carbocycles. The zero-order valence-electron chi connectivity index (χ0n) is 15.0. The van der Waals surface area contributed by atoms with Crippen LogP contribution in [0.2, 0.25) is 0 Å². The highest BCUT2D eigenvalue weighted by atomic mass is 32.2. The van der Waals surface area contributed by atoms with E-state index in [4.69, 9.17) is 4.74 Å². The first kappa shape index (κ1) is 17.9. The molecule has 0 aromatic heterocycles. The van der Waals surface area contributed by atoms with E-state index in [0.717, 1.165) is 23.4 Å². The molecule has 0 radical (unpaired) electrons. The highest BCUT2D eigenvalue weighted by Crippen LogP contribution is 2.43. The predicted molar refractivity (Wildman–Crippen MR) is 104 cm³/mol. The van der Waals surface area contributed by atoms with Crippen molar-refractivity contribution in [3.63, 3.8) is 0 Å². The predicted octanol–water partition coefficient (Wildman–Crippen LogP) is 4.88. The van der Waals surface area contributed by atoms with Gasteiger partial charge in [-0.3, -0.25) is 4.79 Å². The molecule has 1 fully saturated rings. The number of carbonyl (C=O) groups excluding carboxylic acids is 1. The number of carbonyl (C=O) groups is 1. The van der Waals surface area contributed by atoms with Gasteiger partial charge in [0.05, 0.1) is 5.25 Å². The molecule has 0 saturated carbocycles. The van der Waals surface area contributed by atoms with Crippen molar-refractivity contribution in [2.24, 2.45) is 5.92 Å². The third-order valence-corrected chi connectivity index (χ3v) is 5.62. The highest BCUT2D eigenvalue weighted by molar-refractivity contribution is 8.01. The van der Waals surface area contributed by atoms with Gasteiger partial charge in [0.15, 0.2) is 0 Å². The lowest BCUT2D eigenvalue weighted by molar-refractivity contribution is -0.130. The molecule has 0 bridgehead atoms. The number of amides is 1. The molecule has 2 unspecified atom stereocenters. The lowest BCUT2D eigenvalue weighted by Crippen LogP contribution is -2.33. The van der Waals surface area contributed by atoms with Crippen LogP contribution in [0.15, 0.2) is 54.6 Å². The van der Waals surface area contributed by atoms with Crippen molar-refractivity contribution in [3.8, 4) is 5.75 Å². The summed E-state index contributed by atoms with van der Waals surface area (Å²) in [5.74, 6) is 1.56. The van der Waals surface area contributed by atoms with Crippen LogP contribution in [0, 0.1) is 5.92 Å². The van der Waals surface area contributed by atoms with Crippen LogP contribution in [-0.2, 0) is 11.4 Å². The van der Waals surface area contributed by atoms with Gasteiger partial charge in [0.25, 0.3) is 0 Å². The molecule has 2 aromatic rings. The third-order valence-electron chi connectivity index (χ3n) is 4.22. The first-order chi connectivity index (χ1) is 12.0. The number of nitrogens with zero attached hydrogens (tertiary/aromatic N) is 1. The Labute approximate surface area is 154 Å².